The lowest BCUT2D eigenvalue weighted by molar-refractivity contribution is 0.0823. The fourth-order valence-electron chi connectivity index (χ4n) is 3.52. The van der Waals surface area contributed by atoms with E-state index in [1.807, 2.05) is 0 Å². The zero-order valence-electron chi connectivity index (χ0n) is 15.7. The van der Waals surface area contributed by atoms with Crippen LogP contribution < -0.4 is 15.2 Å². The monoisotopic (exact) mass is 422 g/mol. The molecule has 2 aliphatic rings. The van der Waals surface area contributed by atoms with Gasteiger partial charge in [-0.1, -0.05) is 0 Å². The highest BCUT2D eigenvalue weighted by atomic mass is 32.2. The van der Waals surface area contributed by atoms with E-state index in [0.29, 0.717) is 23.6 Å². The van der Waals surface area contributed by atoms with Crippen LogP contribution in [0.15, 0.2) is 21.0 Å². The summed E-state index contributed by atoms with van der Waals surface area (Å²) in [5, 5.41) is 18.6. The highest BCUT2D eigenvalue weighted by molar-refractivity contribution is 7.93. The van der Waals surface area contributed by atoms with E-state index in [0.717, 1.165) is 47.5 Å². The van der Waals surface area contributed by atoms with E-state index in [9.17, 15) is 14.1 Å². The Morgan fingerprint density at radius 3 is 2.89 bits per heavy atom. The number of amides is 2. The van der Waals surface area contributed by atoms with Crippen LogP contribution in [0.5, 0.6) is 5.75 Å². The van der Waals surface area contributed by atoms with Gasteiger partial charge in [-0.3, -0.25) is 0 Å². The minimum Gasteiger partial charge on any atom is -0.493 e. The number of aryl methyl sites for hydroxylation is 1. The number of benzene rings is 1. The molecule has 0 saturated carbocycles. The topological polar surface area (TPSA) is 127 Å². The molecule has 1 atom stereocenters. The molecule has 8 nitrogen and oxygen atoms in total. The van der Waals surface area contributed by atoms with E-state index in [2.05, 4.69) is 20.7 Å². The van der Waals surface area contributed by atoms with Crippen molar-refractivity contribution >= 4 is 33.0 Å². The number of carbonyl (C=O) groups excluding carboxylic acids is 1. The SMILES string of the molecule is CC(C)(O)c1cnc([S@@](N)(=O)=NC(=O)Nc2c3c(cc4c2CCO4)CCC3)s1. The molecule has 0 spiro atoms. The predicted molar refractivity (Wildman–Crippen MR) is 107 cm³/mol. The molecule has 0 fully saturated rings. The van der Waals surface area contributed by atoms with Gasteiger partial charge in [-0.25, -0.2) is 19.1 Å². The second-order valence-corrected chi connectivity index (χ2v) is 10.5. The molecular formula is C18H22N4O4S2. The second-order valence-electron chi connectivity index (χ2n) is 7.46. The number of anilines is 1. The molecule has 28 heavy (non-hydrogen) atoms. The predicted octanol–water partition coefficient (Wildman–Crippen LogP) is 2.73. The average Bonchev–Trinajstić information content (AvgIpc) is 3.33. The molecule has 2 amide bonds. The van der Waals surface area contributed by atoms with Crippen molar-refractivity contribution in [3.63, 3.8) is 0 Å². The summed E-state index contributed by atoms with van der Waals surface area (Å²) in [5.41, 5.74) is 2.78. The average molecular weight is 423 g/mol. The number of urea groups is 1. The number of thiazole rings is 1. The van der Waals surface area contributed by atoms with Crippen LogP contribution in [0.1, 0.15) is 41.8 Å². The Labute approximate surface area is 167 Å². The fourth-order valence-corrected chi connectivity index (χ4v) is 5.60. The lowest BCUT2D eigenvalue weighted by atomic mass is 10.0. The molecule has 2 aromatic rings. The number of ether oxygens (including phenoxy) is 1. The van der Waals surface area contributed by atoms with Gasteiger partial charge in [-0.05, 0) is 50.3 Å². The third-order valence-electron chi connectivity index (χ3n) is 4.86. The van der Waals surface area contributed by atoms with Gasteiger partial charge in [0, 0.05) is 18.2 Å². The smallest absolute Gasteiger partial charge is 0.354 e. The van der Waals surface area contributed by atoms with Gasteiger partial charge in [-0.2, -0.15) is 0 Å². The van der Waals surface area contributed by atoms with Crippen molar-refractivity contribution in [1.82, 2.24) is 4.98 Å². The van der Waals surface area contributed by atoms with Gasteiger partial charge in [0.05, 0.1) is 22.8 Å². The number of hydrogen-bond donors (Lipinski definition) is 3. The molecule has 0 bridgehead atoms. The largest absolute Gasteiger partial charge is 0.493 e. The number of nitrogens with zero attached hydrogens (tertiary/aromatic N) is 2. The summed E-state index contributed by atoms with van der Waals surface area (Å²) in [6.45, 7) is 3.75. The minimum absolute atomic E-state index is 0.00614. The summed E-state index contributed by atoms with van der Waals surface area (Å²) in [5.74, 6) is 0.791. The highest BCUT2D eigenvalue weighted by Crippen LogP contribution is 2.41. The van der Waals surface area contributed by atoms with Crippen LogP contribution in [0, 0.1) is 0 Å². The van der Waals surface area contributed by atoms with Gasteiger partial charge in [0.25, 0.3) is 0 Å². The van der Waals surface area contributed by atoms with Crippen LogP contribution in [0.25, 0.3) is 0 Å². The first-order valence-electron chi connectivity index (χ1n) is 9.00. The molecule has 10 heteroatoms. The zero-order valence-corrected chi connectivity index (χ0v) is 17.3. The van der Waals surface area contributed by atoms with E-state index in [4.69, 9.17) is 9.88 Å². The normalized spacial score (nSPS) is 17.4. The first kappa shape index (κ1) is 19.3. The molecule has 1 aliphatic heterocycles. The Morgan fingerprint density at radius 1 is 1.39 bits per heavy atom. The Balaban J connectivity index is 1.65. The Morgan fingerprint density at radius 2 is 2.18 bits per heavy atom. The van der Waals surface area contributed by atoms with Gasteiger partial charge in [0.1, 0.15) is 5.75 Å². The van der Waals surface area contributed by atoms with Crippen molar-refractivity contribution in [2.24, 2.45) is 9.50 Å². The second kappa shape index (κ2) is 6.80. The third kappa shape index (κ3) is 3.52. The van der Waals surface area contributed by atoms with Crippen LogP contribution in [0.3, 0.4) is 0 Å². The Bertz CT molecular complexity index is 1050. The van der Waals surface area contributed by atoms with Crippen LogP contribution >= 0.6 is 11.3 Å². The summed E-state index contributed by atoms with van der Waals surface area (Å²) in [4.78, 5) is 17.0. The molecular weight excluding hydrogens is 400 g/mol. The van der Waals surface area contributed by atoms with Crippen molar-refractivity contribution in [3.8, 4) is 5.75 Å². The van der Waals surface area contributed by atoms with Crippen molar-refractivity contribution in [1.29, 1.82) is 0 Å². The Kier molecular flexibility index (Phi) is 4.69. The van der Waals surface area contributed by atoms with Crippen molar-refractivity contribution < 1.29 is 18.8 Å². The maximum absolute atomic E-state index is 12.8. The molecule has 1 aliphatic carbocycles. The number of nitrogens with two attached hydrogens (primary N) is 1. The molecule has 0 saturated heterocycles. The van der Waals surface area contributed by atoms with E-state index in [1.165, 1.54) is 11.8 Å². The molecule has 4 N–H and O–H groups in total. The summed E-state index contributed by atoms with van der Waals surface area (Å²) >= 11 is 0.980. The van der Waals surface area contributed by atoms with Crippen LogP contribution in [-0.4, -0.2) is 26.9 Å². The lowest BCUT2D eigenvalue weighted by Crippen LogP contribution is -2.18. The maximum Gasteiger partial charge on any atom is 0.354 e. The van der Waals surface area contributed by atoms with Crippen molar-refractivity contribution in [3.05, 3.63) is 33.8 Å². The number of aliphatic hydroxyl groups is 1. The highest BCUT2D eigenvalue weighted by Gasteiger charge is 2.27. The first-order chi connectivity index (χ1) is 13.1. The summed E-state index contributed by atoms with van der Waals surface area (Å²) in [6, 6.07) is 1.28. The molecule has 1 aromatic heterocycles. The van der Waals surface area contributed by atoms with E-state index in [1.54, 1.807) is 13.8 Å². The first-order valence-corrected chi connectivity index (χ1v) is 11.4. The summed E-state index contributed by atoms with van der Waals surface area (Å²) < 4.78 is 22.2. The number of aromatic nitrogens is 1. The van der Waals surface area contributed by atoms with Crippen LogP contribution in [-0.2, 0) is 34.8 Å². The standard InChI is InChI=1S/C18H22N4O4S2/c1-18(2,24)14-9-20-17(27-14)28(19,25)22-16(23)21-15-11-5-3-4-10(11)8-13-12(15)6-7-26-13/h8-9,24H,3-7H2,1-2H3,(H3,19,21,22,23,25)/t28-/m0/s1. The number of hydrogen-bond acceptors (Lipinski definition) is 6. The van der Waals surface area contributed by atoms with Gasteiger partial charge in [0.15, 0.2) is 9.92 Å². The van der Waals surface area contributed by atoms with Crippen LogP contribution in [0.2, 0.25) is 0 Å². The summed E-state index contributed by atoms with van der Waals surface area (Å²) in [7, 11) is -3.52. The number of rotatable bonds is 3. The van der Waals surface area contributed by atoms with Crippen molar-refractivity contribution in [2.75, 3.05) is 11.9 Å². The third-order valence-corrected chi connectivity index (χ3v) is 7.98. The van der Waals surface area contributed by atoms with E-state index < -0.39 is 21.5 Å². The molecule has 0 radical (unpaired) electrons. The number of nitrogens with one attached hydrogen (secondary N) is 1. The molecule has 0 unspecified atom stereocenters. The number of carbonyl (C=O) groups is 1. The zero-order chi connectivity index (χ0) is 20.1. The lowest BCUT2D eigenvalue weighted by Gasteiger charge is -2.14. The quantitative estimate of drug-likeness (QED) is 0.701. The van der Waals surface area contributed by atoms with E-state index >= 15 is 0 Å². The van der Waals surface area contributed by atoms with Gasteiger partial charge in [-0.15, -0.1) is 15.7 Å². The van der Waals surface area contributed by atoms with Crippen molar-refractivity contribution in [2.45, 2.75) is 49.5 Å². The molecule has 150 valence electrons. The summed E-state index contributed by atoms with van der Waals surface area (Å²) in [6.07, 6.45) is 4.94. The van der Waals surface area contributed by atoms with Gasteiger partial charge in [0.2, 0.25) is 4.34 Å². The molecule has 4 rings (SSSR count). The van der Waals surface area contributed by atoms with E-state index in [-0.39, 0.29) is 4.34 Å². The Hall–Kier alpha value is -2.01. The fraction of sp³-hybridized carbons (Fsp3) is 0.444. The van der Waals surface area contributed by atoms with Gasteiger partial charge >= 0.3 is 6.03 Å². The number of fused-ring (bicyclic) bond motifs is 2. The van der Waals surface area contributed by atoms with Gasteiger partial charge < -0.3 is 15.2 Å². The molecule has 1 aromatic carbocycles. The van der Waals surface area contributed by atoms with Crippen LogP contribution in [0.4, 0.5) is 10.5 Å². The maximum atomic E-state index is 12.8. The minimum atomic E-state index is -3.52. The molecule has 2 heterocycles.